The molecule has 0 spiro atoms. The van der Waals surface area contributed by atoms with E-state index in [0.717, 1.165) is 0 Å². The Kier molecular flexibility index (Phi) is 7.15. The van der Waals surface area contributed by atoms with E-state index in [1.165, 1.54) is 0 Å². The van der Waals surface area contributed by atoms with Crippen LogP contribution < -0.4 is 5.73 Å². The second-order valence-electron chi connectivity index (χ2n) is 2.76. The number of halogens is 5. The van der Waals surface area contributed by atoms with Crippen molar-refractivity contribution in [1.29, 1.82) is 0 Å². The van der Waals surface area contributed by atoms with Crippen LogP contribution in [0.15, 0.2) is 0 Å². The van der Waals surface area contributed by atoms with E-state index in [0.29, 0.717) is 19.3 Å². The van der Waals surface area contributed by atoms with E-state index < -0.39 is 12.5 Å². The molecule has 1 fully saturated rings. The average molecular weight is 242 g/mol. The summed E-state index contributed by atoms with van der Waals surface area (Å²) >= 11 is 0. The van der Waals surface area contributed by atoms with Crippen LogP contribution in [0.1, 0.15) is 19.3 Å². The van der Waals surface area contributed by atoms with E-state index in [1.54, 1.807) is 0 Å². The van der Waals surface area contributed by atoms with Gasteiger partial charge in [-0.25, -0.2) is 0 Å². The molecule has 82 valence electrons. The lowest BCUT2D eigenvalue weighted by molar-refractivity contribution is -0.341. The van der Waals surface area contributed by atoms with Gasteiger partial charge in [-0.3, -0.25) is 4.74 Å². The molecule has 0 heterocycles. The zero-order chi connectivity index (χ0) is 8.48. The quantitative estimate of drug-likeness (QED) is 0.765. The monoisotopic (exact) mass is 241 g/mol. The molecular weight excluding hydrogens is 230 g/mol. The maximum Gasteiger partial charge on any atom is 0.522 e. The van der Waals surface area contributed by atoms with Gasteiger partial charge in [0.15, 0.2) is 0 Å². The molecule has 1 aliphatic carbocycles. The fourth-order valence-electron chi connectivity index (χ4n) is 1.27. The first kappa shape index (κ1) is 15.7. The van der Waals surface area contributed by atoms with Crippen LogP contribution in [0.2, 0.25) is 0 Å². The van der Waals surface area contributed by atoms with Crippen molar-refractivity contribution >= 4 is 24.8 Å². The van der Waals surface area contributed by atoms with Gasteiger partial charge in [0.05, 0.1) is 6.10 Å². The molecule has 0 unspecified atom stereocenters. The molecule has 13 heavy (non-hydrogen) atoms. The molecule has 0 aromatic rings. The van der Waals surface area contributed by atoms with Crippen molar-refractivity contribution in [2.24, 2.45) is 5.73 Å². The fraction of sp³-hybridized carbons (Fsp3) is 1.00. The van der Waals surface area contributed by atoms with Crippen LogP contribution in [0.25, 0.3) is 0 Å². The molecule has 2 atom stereocenters. The zero-order valence-electron chi connectivity index (χ0n) is 6.71. The standard InChI is InChI=1S/C6H10F3NO.2ClH/c7-6(8,9)11-5-2-1-4(10)3-5;;/h4-5H,1-3,10H2;2*1H/t4-,5+;;/m1../s1. The molecule has 0 radical (unpaired) electrons. The highest BCUT2D eigenvalue weighted by atomic mass is 35.5. The van der Waals surface area contributed by atoms with Crippen molar-refractivity contribution in [3.8, 4) is 0 Å². The summed E-state index contributed by atoms with van der Waals surface area (Å²) in [6, 6.07) is -0.123. The normalized spacial score (nSPS) is 27.7. The maximum absolute atomic E-state index is 11.6. The minimum absolute atomic E-state index is 0. The molecule has 0 aromatic carbocycles. The van der Waals surface area contributed by atoms with Crippen LogP contribution >= 0.6 is 24.8 Å². The zero-order valence-corrected chi connectivity index (χ0v) is 8.35. The minimum Gasteiger partial charge on any atom is -0.328 e. The van der Waals surface area contributed by atoms with Crippen molar-refractivity contribution in [2.75, 3.05) is 0 Å². The molecule has 7 heteroatoms. The lowest BCUT2D eigenvalue weighted by Crippen LogP contribution is -2.23. The van der Waals surface area contributed by atoms with Gasteiger partial charge in [0.1, 0.15) is 0 Å². The summed E-state index contributed by atoms with van der Waals surface area (Å²) in [7, 11) is 0. The van der Waals surface area contributed by atoms with E-state index in [1.807, 2.05) is 0 Å². The Balaban J connectivity index is 0. The molecule has 0 bridgehead atoms. The number of alkyl halides is 3. The predicted octanol–water partition coefficient (Wildman–Crippen LogP) is 2.25. The summed E-state index contributed by atoms with van der Waals surface area (Å²) in [5.74, 6) is 0. The van der Waals surface area contributed by atoms with Gasteiger partial charge in [-0.2, -0.15) is 0 Å². The molecule has 0 aromatic heterocycles. The maximum atomic E-state index is 11.6. The third kappa shape index (κ3) is 6.37. The van der Waals surface area contributed by atoms with E-state index in [-0.39, 0.29) is 30.9 Å². The van der Waals surface area contributed by atoms with E-state index in [9.17, 15) is 13.2 Å². The molecular formula is C6H12Cl2F3NO. The van der Waals surface area contributed by atoms with Crippen molar-refractivity contribution in [3.05, 3.63) is 0 Å². The fourth-order valence-corrected chi connectivity index (χ4v) is 1.27. The summed E-state index contributed by atoms with van der Waals surface area (Å²) < 4.78 is 38.5. The van der Waals surface area contributed by atoms with E-state index in [2.05, 4.69) is 4.74 Å². The first-order valence-corrected chi connectivity index (χ1v) is 3.47. The van der Waals surface area contributed by atoms with Gasteiger partial charge < -0.3 is 5.73 Å². The highest BCUT2D eigenvalue weighted by Gasteiger charge is 2.36. The molecule has 1 aliphatic rings. The summed E-state index contributed by atoms with van der Waals surface area (Å²) in [5, 5.41) is 0. The number of hydrogen-bond donors (Lipinski definition) is 1. The Morgan fingerprint density at radius 1 is 1.15 bits per heavy atom. The number of nitrogens with two attached hydrogens (primary N) is 1. The first-order valence-electron chi connectivity index (χ1n) is 3.47. The lowest BCUT2D eigenvalue weighted by atomic mass is 10.3. The molecule has 2 nitrogen and oxygen atoms in total. The average Bonchev–Trinajstić information content (AvgIpc) is 2.10. The van der Waals surface area contributed by atoms with Gasteiger partial charge in [-0.05, 0) is 19.3 Å². The van der Waals surface area contributed by atoms with Crippen molar-refractivity contribution in [1.82, 2.24) is 0 Å². The third-order valence-corrected chi connectivity index (χ3v) is 1.73. The SMILES string of the molecule is Cl.Cl.N[C@@H]1CC[C@H](OC(F)(F)F)C1. The number of rotatable bonds is 1. The molecule has 2 N–H and O–H groups in total. The Labute approximate surface area is 86.8 Å². The first-order chi connectivity index (χ1) is 4.97. The number of ether oxygens (including phenoxy) is 1. The minimum atomic E-state index is -4.51. The molecule has 0 aliphatic heterocycles. The summed E-state index contributed by atoms with van der Waals surface area (Å²) in [6.45, 7) is 0. The van der Waals surface area contributed by atoms with Crippen molar-refractivity contribution in [3.63, 3.8) is 0 Å². The molecule has 0 saturated heterocycles. The van der Waals surface area contributed by atoms with Crippen molar-refractivity contribution < 1.29 is 17.9 Å². The highest BCUT2D eigenvalue weighted by Crippen LogP contribution is 2.27. The van der Waals surface area contributed by atoms with Crippen LogP contribution in [-0.2, 0) is 4.74 Å². The Morgan fingerprint density at radius 3 is 2.00 bits per heavy atom. The van der Waals surface area contributed by atoms with Crippen LogP contribution in [0.5, 0.6) is 0 Å². The van der Waals surface area contributed by atoms with Crippen molar-refractivity contribution in [2.45, 2.75) is 37.8 Å². The second-order valence-corrected chi connectivity index (χ2v) is 2.76. The second kappa shape index (κ2) is 5.90. The Bertz CT molecular complexity index is 144. The third-order valence-electron chi connectivity index (χ3n) is 1.73. The smallest absolute Gasteiger partial charge is 0.328 e. The van der Waals surface area contributed by atoms with Gasteiger partial charge >= 0.3 is 6.36 Å². The van der Waals surface area contributed by atoms with Gasteiger partial charge in [0.2, 0.25) is 0 Å². The van der Waals surface area contributed by atoms with Crippen LogP contribution in [0.3, 0.4) is 0 Å². The molecule has 0 amide bonds. The Hall–Kier alpha value is 0.290. The van der Waals surface area contributed by atoms with Crippen LogP contribution in [-0.4, -0.2) is 18.5 Å². The van der Waals surface area contributed by atoms with E-state index in [4.69, 9.17) is 5.73 Å². The van der Waals surface area contributed by atoms with Crippen LogP contribution in [0.4, 0.5) is 13.2 Å². The largest absolute Gasteiger partial charge is 0.522 e. The van der Waals surface area contributed by atoms with E-state index >= 15 is 0 Å². The lowest BCUT2D eigenvalue weighted by Gasteiger charge is -2.13. The summed E-state index contributed by atoms with van der Waals surface area (Å²) in [6.07, 6.45) is -3.86. The van der Waals surface area contributed by atoms with Gasteiger partial charge in [-0.15, -0.1) is 38.0 Å². The topological polar surface area (TPSA) is 35.2 Å². The summed E-state index contributed by atoms with van der Waals surface area (Å²) in [5.41, 5.74) is 5.40. The van der Waals surface area contributed by atoms with Crippen LogP contribution in [0, 0.1) is 0 Å². The highest BCUT2D eigenvalue weighted by molar-refractivity contribution is 5.85. The Morgan fingerprint density at radius 2 is 1.69 bits per heavy atom. The molecule has 1 rings (SSSR count). The van der Waals surface area contributed by atoms with Gasteiger partial charge in [0, 0.05) is 6.04 Å². The number of hydrogen-bond acceptors (Lipinski definition) is 2. The molecule has 1 saturated carbocycles. The predicted molar refractivity (Wildman–Crippen MR) is 47.3 cm³/mol. The van der Waals surface area contributed by atoms with Gasteiger partial charge in [0.25, 0.3) is 0 Å². The summed E-state index contributed by atoms with van der Waals surface area (Å²) in [4.78, 5) is 0. The van der Waals surface area contributed by atoms with Gasteiger partial charge in [-0.1, -0.05) is 0 Å².